The van der Waals surface area contributed by atoms with Crippen molar-refractivity contribution in [3.05, 3.63) is 75.7 Å². The van der Waals surface area contributed by atoms with E-state index in [0.29, 0.717) is 28.4 Å². The van der Waals surface area contributed by atoms with Crippen LogP contribution in [0.15, 0.2) is 48.5 Å². The molecule has 0 aliphatic heterocycles. The molecule has 0 saturated carbocycles. The predicted molar refractivity (Wildman–Crippen MR) is 126 cm³/mol. The normalized spacial score (nSPS) is 12.7. The topological polar surface area (TPSA) is 67.4 Å². The van der Waals surface area contributed by atoms with Gasteiger partial charge < -0.3 is 15.4 Å². The van der Waals surface area contributed by atoms with Crippen LogP contribution in [0.1, 0.15) is 56.5 Å². The second-order valence-corrected chi connectivity index (χ2v) is 8.68. The van der Waals surface area contributed by atoms with Gasteiger partial charge in [-0.05, 0) is 68.9 Å². The van der Waals surface area contributed by atoms with Gasteiger partial charge in [0.2, 0.25) is 0 Å². The third-order valence-corrected chi connectivity index (χ3v) is 6.67. The number of anilines is 3. The fraction of sp³-hybridized carbons (Fsp3) is 0.280. The SMILES string of the molecule is CCOC(=O)c1c(NC(=O)c2ccccc2Nc2ccccc2C)sc2c1CCCC2. The van der Waals surface area contributed by atoms with Crippen molar-refractivity contribution in [1.29, 1.82) is 0 Å². The molecular weight excluding hydrogens is 408 g/mol. The van der Waals surface area contributed by atoms with E-state index in [4.69, 9.17) is 4.74 Å². The molecule has 31 heavy (non-hydrogen) atoms. The predicted octanol–water partition coefficient (Wildman–Crippen LogP) is 6.11. The van der Waals surface area contributed by atoms with Gasteiger partial charge in [0.05, 0.1) is 23.4 Å². The molecule has 0 saturated heterocycles. The van der Waals surface area contributed by atoms with Crippen molar-refractivity contribution < 1.29 is 14.3 Å². The largest absolute Gasteiger partial charge is 0.462 e. The van der Waals surface area contributed by atoms with Crippen LogP contribution in [0.5, 0.6) is 0 Å². The van der Waals surface area contributed by atoms with E-state index in [1.165, 1.54) is 16.2 Å². The molecule has 1 amide bonds. The van der Waals surface area contributed by atoms with E-state index in [1.807, 2.05) is 49.4 Å². The molecule has 6 heteroatoms. The van der Waals surface area contributed by atoms with E-state index >= 15 is 0 Å². The van der Waals surface area contributed by atoms with Crippen molar-refractivity contribution in [2.45, 2.75) is 39.5 Å². The van der Waals surface area contributed by atoms with E-state index in [9.17, 15) is 9.59 Å². The van der Waals surface area contributed by atoms with Gasteiger partial charge in [-0.15, -0.1) is 11.3 Å². The highest BCUT2D eigenvalue weighted by atomic mass is 32.1. The molecule has 1 aliphatic rings. The van der Waals surface area contributed by atoms with Gasteiger partial charge in [-0.3, -0.25) is 4.79 Å². The number of hydrogen-bond acceptors (Lipinski definition) is 5. The standard InChI is InChI=1S/C25H26N2O3S/c1-3-30-25(29)22-18-12-6-9-15-21(18)31-24(22)27-23(28)17-11-5-8-14-20(17)26-19-13-7-4-10-16(19)2/h4-5,7-8,10-11,13-14,26H,3,6,9,12,15H2,1-2H3,(H,27,28). The number of ether oxygens (including phenoxy) is 1. The maximum atomic E-state index is 13.3. The van der Waals surface area contributed by atoms with Crippen molar-refractivity contribution in [1.82, 2.24) is 0 Å². The maximum Gasteiger partial charge on any atom is 0.341 e. The molecule has 4 rings (SSSR count). The number of esters is 1. The van der Waals surface area contributed by atoms with Crippen LogP contribution in [0.4, 0.5) is 16.4 Å². The zero-order valence-corrected chi connectivity index (χ0v) is 18.6. The molecule has 5 nitrogen and oxygen atoms in total. The number of rotatable bonds is 6. The molecule has 2 N–H and O–H groups in total. The number of hydrogen-bond donors (Lipinski definition) is 2. The molecular formula is C25H26N2O3S. The number of thiophene rings is 1. The Balaban J connectivity index is 1.64. The number of aryl methyl sites for hydroxylation is 2. The Morgan fingerprint density at radius 3 is 2.48 bits per heavy atom. The summed E-state index contributed by atoms with van der Waals surface area (Å²) < 4.78 is 5.30. The minimum atomic E-state index is -0.358. The summed E-state index contributed by atoms with van der Waals surface area (Å²) in [6.07, 6.45) is 3.94. The molecule has 3 aromatic rings. The Bertz CT molecular complexity index is 1120. The lowest BCUT2D eigenvalue weighted by molar-refractivity contribution is 0.0526. The van der Waals surface area contributed by atoms with E-state index < -0.39 is 0 Å². The van der Waals surface area contributed by atoms with E-state index in [0.717, 1.165) is 42.5 Å². The van der Waals surface area contributed by atoms with Crippen molar-refractivity contribution in [2.75, 3.05) is 17.2 Å². The molecule has 0 radical (unpaired) electrons. The average Bonchev–Trinajstić information content (AvgIpc) is 3.13. The van der Waals surface area contributed by atoms with E-state index in [-0.39, 0.29) is 11.9 Å². The summed E-state index contributed by atoms with van der Waals surface area (Å²) in [5, 5.41) is 6.95. The monoisotopic (exact) mass is 434 g/mol. The van der Waals surface area contributed by atoms with Crippen LogP contribution < -0.4 is 10.6 Å². The summed E-state index contributed by atoms with van der Waals surface area (Å²) in [5.74, 6) is -0.607. The van der Waals surface area contributed by atoms with Gasteiger partial charge in [0.25, 0.3) is 5.91 Å². The highest BCUT2D eigenvalue weighted by Gasteiger charge is 2.27. The van der Waals surface area contributed by atoms with Crippen LogP contribution in [-0.4, -0.2) is 18.5 Å². The molecule has 1 aromatic heterocycles. The Hall–Kier alpha value is -3.12. The minimum Gasteiger partial charge on any atom is -0.462 e. The van der Waals surface area contributed by atoms with Gasteiger partial charge in [-0.25, -0.2) is 4.79 Å². The van der Waals surface area contributed by atoms with Crippen molar-refractivity contribution in [3.8, 4) is 0 Å². The first-order valence-corrected chi connectivity index (χ1v) is 11.4. The lowest BCUT2D eigenvalue weighted by Crippen LogP contribution is -2.17. The van der Waals surface area contributed by atoms with Gasteiger partial charge in [0.1, 0.15) is 5.00 Å². The Labute approximate surface area is 186 Å². The lowest BCUT2D eigenvalue weighted by Gasteiger charge is -2.14. The summed E-state index contributed by atoms with van der Waals surface area (Å²) in [6, 6.07) is 15.3. The number of para-hydroxylation sites is 2. The van der Waals surface area contributed by atoms with Crippen LogP contribution in [-0.2, 0) is 17.6 Å². The number of carbonyl (C=O) groups is 2. The second kappa shape index (κ2) is 9.35. The van der Waals surface area contributed by atoms with Gasteiger partial charge >= 0.3 is 5.97 Å². The summed E-state index contributed by atoms with van der Waals surface area (Å²) in [7, 11) is 0. The van der Waals surface area contributed by atoms with Crippen LogP contribution in [0.25, 0.3) is 0 Å². The zero-order valence-electron chi connectivity index (χ0n) is 17.8. The van der Waals surface area contributed by atoms with E-state index in [2.05, 4.69) is 10.6 Å². The average molecular weight is 435 g/mol. The number of amides is 1. The molecule has 160 valence electrons. The quantitative estimate of drug-likeness (QED) is 0.460. The molecule has 0 fully saturated rings. The molecule has 0 unspecified atom stereocenters. The first-order valence-electron chi connectivity index (χ1n) is 10.6. The summed E-state index contributed by atoms with van der Waals surface area (Å²) in [6.45, 7) is 4.12. The number of fused-ring (bicyclic) bond motifs is 1. The highest BCUT2D eigenvalue weighted by molar-refractivity contribution is 7.17. The molecule has 0 bridgehead atoms. The first-order chi connectivity index (χ1) is 15.1. The van der Waals surface area contributed by atoms with Gasteiger partial charge in [0, 0.05) is 10.6 Å². The third kappa shape index (κ3) is 4.49. The van der Waals surface area contributed by atoms with E-state index in [1.54, 1.807) is 13.0 Å². The second-order valence-electron chi connectivity index (χ2n) is 7.58. The zero-order chi connectivity index (χ0) is 21.8. The van der Waals surface area contributed by atoms with Crippen LogP contribution in [0.3, 0.4) is 0 Å². The van der Waals surface area contributed by atoms with Crippen molar-refractivity contribution >= 4 is 39.6 Å². The fourth-order valence-corrected chi connectivity index (χ4v) is 5.16. The number of benzene rings is 2. The molecule has 1 heterocycles. The number of carbonyl (C=O) groups excluding carboxylic acids is 2. The molecule has 0 atom stereocenters. The summed E-state index contributed by atoms with van der Waals surface area (Å²) >= 11 is 1.50. The Morgan fingerprint density at radius 1 is 1.00 bits per heavy atom. The van der Waals surface area contributed by atoms with Crippen molar-refractivity contribution in [2.24, 2.45) is 0 Å². The van der Waals surface area contributed by atoms with Crippen molar-refractivity contribution in [3.63, 3.8) is 0 Å². The van der Waals surface area contributed by atoms with Gasteiger partial charge in [-0.1, -0.05) is 30.3 Å². The van der Waals surface area contributed by atoms with Crippen LogP contribution >= 0.6 is 11.3 Å². The number of nitrogens with one attached hydrogen (secondary N) is 2. The first kappa shape index (κ1) is 21.1. The maximum absolute atomic E-state index is 13.3. The summed E-state index contributed by atoms with van der Waals surface area (Å²) in [4.78, 5) is 27.1. The summed E-state index contributed by atoms with van der Waals surface area (Å²) in [5.41, 5.74) is 4.84. The lowest BCUT2D eigenvalue weighted by atomic mass is 9.95. The van der Waals surface area contributed by atoms with Crippen LogP contribution in [0.2, 0.25) is 0 Å². The Morgan fingerprint density at radius 2 is 1.71 bits per heavy atom. The smallest absolute Gasteiger partial charge is 0.341 e. The van der Waals surface area contributed by atoms with Gasteiger partial charge in [-0.2, -0.15) is 0 Å². The third-order valence-electron chi connectivity index (χ3n) is 5.46. The van der Waals surface area contributed by atoms with Gasteiger partial charge in [0.15, 0.2) is 0 Å². The minimum absolute atomic E-state index is 0.249. The molecule has 2 aromatic carbocycles. The molecule has 1 aliphatic carbocycles. The fourth-order valence-electron chi connectivity index (χ4n) is 3.89. The molecule has 0 spiro atoms. The Kier molecular flexibility index (Phi) is 6.37. The van der Waals surface area contributed by atoms with Crippen LogP contribution in [0, 0.1) is 6.92 Å². The highest BCUT2D eigenvalue weighted by Crippen LogP contribution is 2.39.